The van der Waals surface area contributed by atoms with Gasteiger partial charge in [0, 0.05) is 0 Å². The van der Waals surface area contributed by atoms with E-state index < -0.39 is 23.8 Å². The van der Waals surface area contributed by atoms with Crippen molar-refractivity contribution in [1.82, 2.24) is 5.32 Å². The van der Waals surface area contributed by atoms with Crippen molar-refractivity contribution < 1.29 is 33.4 Å². The Balaban J connectivity index is 2.00. The number of imide groups is 2. The van der Waals surface area contributed by atoms with Crippen molar-refractivity contribution in [3.05, 3.63) is 56.7 Å². The molecule has 0 bridgehead atoms. The summed E-state index contributed by atoms with van der Waals surface area (Å²) in [5, 5.41) is 2.15. The maximum Gasteiger partial charge on any atom is 0.337 e. The van der Waals surface area contributed by atoms with E-state index in [1.54, 1.807) is 12.1 Å². The number of esters is 1. The monoisotopic (exact) mass is 536 g/mol. The van der Waals surface area contributed by atoms with Crippen molar-refractivity contribution in [2.75, 3.05) is 26.2 Å². The molecule has 1 heterocycles. The average molecular weight is 536 g/mol. The second-order valence-electron chi connectivity index (χ2n) is 6.23. The molecule has 0 aromatic heterocycles. The number of nitrogens with one attached hydrogen (secondary N) is 1. The molecule has 1 saturated heterocycles. The number of urea groups is 1. The lowest BCUT2D eigenvalue weighted by Crippen LogP contribution is -2.54. The number of hydrogen-bond acceptors (Lipinski definition) is 7. The molecule has 1 aliphatic heterocycles. The minimum absolute atomic E-state index is 0.190. The summed E-state index contributed by atoms with van der Waals surface area (Å²) in [5.74, 6) is -1.23. The molecule has 1 N–H and O–H groups in total. The second kappa shape index (κ2) is 9.16. The first-order valence-corrected chi connectivity index (χ1v) is 9.90. The molecule has 0 aliphatic carbocycles. The third-order valence-electron chi connectivity index (χ3n) is 4.42. The van der Waals surface area contributed by atoms with Gasteiger partial charge >= 0.3 is 12.0 Å². The first kappa shape index (κ1) is 22.3. The minimum atomic E-state index is -0.889. The highest BCUT2D eigenvalue weighted by Gasteiger charge is 2.37. The zero-order valence-electron chi connectivity index (χ0n) is 16.7. The summed E-state index contributed by atoms with van der Waals surface area (Å²) in [6, 6.07) is 8.09. The number of barbiturate groups is 1. The van der Waals surface area contributed by atoms with Gasteiger partial charge in [-0.05, 0) is 70.6 Å². The predicted molar refractivity (Wildman–Crippen MR) is 119 cm³/mol. The van der Waals surface area contributed by atoms with Crippen LogP contribution in [0.4, 0.5) is 10.5 Å². The molecule has 3 rings (SSSR count). The Morgan fingerprint density at radius 1 is 1.03 bits per heavy atom. The summed E-state index contributed by atoms with van der Waals surface area (Å²) in [6.45, 7) is 0. The molecule has 2 aromatic rings. The van der Waals surface area contributed by atoms with E-state index in [1.165, 1.54) is 51.7 Å². The van der Waals surface area contributed by atoms with Crippen LogP contribution in [-0.4, -0.2) is 45.1 Å². The molecule has 0 radical (unpaired) electrons. The van der Waals surface area contributed by atoms with Crippen LogP contribution >= 0.6 is 22.6 Å². The van der Waals surface area contributed by atoms with E-state index in [0.29, 0.717) is 20.6 Å². The Hall–Kier alpha value is -3.41. The van der Waals surface area contributed by atoms with E-state index in [9.17, 15) is 19.2 Å². The lowest BCUT2D eigenvalue weighted by atomic mass is 10.1. The van der Waals surface area contributed by atoms with Crippen LogP contribution in [0.3, 0.4) is 0 Å². The fourth-order valence-electron chi connectivity index (χ4n) is 2.94. The lowest BCUT2D eigenvalue weighted by molar-refractivity contribution is -0.122. The number of anilines is 1. The number of nitrogens with zero attached hydrogens (tertiary/aromatic N) is 1. The Bertz CT molecular complexity index is 1110. The van der Waals surface area contributed by atoms with Gasteiger partial charge in [0.15, 0.2) is 11.5 Å². The molecular formula is C21H17IN2O7. The molecular weight excluding hydrogens is 519 g/mol. The van der Waals surface area contributed by atoms with Gasteiger partial charge in [0.05, 0.1) is 36.2 Å². The molecule has 0 unspecified atom stereocenters. The van der Waals surface area contributed by atoms with Gasteiger partial charge in [-0.1, -0.05) is 0 Å². The van der Waals surface area contributed by atoms with Crippen LogP contribution in [0.15, 0.2) is 42.0 Å². The molecule has 0 atom stereocenters. The molecule has 2 aromatic carbocycles. The molecule has 10 heteroatoms. The summed E-state index contributed by atoms with van der Waals surface area (Å²) in [6.07, 6.45) is 1.37. The summed E-state index contributed by atoms with van der Waals surface area (Å²) < 4.78 is 15.9. The standard InChI is InChI=1S/C21H17IN2O7/c1-29-16-10-11(9-15(22)17(16)30-2)8-14-18(25)23-21(28)24(19(14)26)13-6-4-12(5-7-13)20(27)31-3/h4-10H,1-3H3,(H,23,25,28)/b14-8+. The first-order valence-electron chi connectivity index (χ1n) is 8.82. The highest BCUT2D eigenvalue weighted by Crippen LogP contribution is 2.34. The molecule has 9 nitrogen and oxygen atoms in total. The van der Waals surface area contributed by atoms with E-state index in [0.717, 1.165) is 4.90 Å². The van der Waals surface area contributed by atoms with E-state index in [1.807, 2.05) is 22.6 Å². The highest BCUT2D eigenvalue weighted by atomic mass is 127. The van der Waals surface area contributed by atoms with Gasteiger partial charge in [0.2, 0.25) is 0 Å². The van der Waals surface area contributed by atoms with Gasteiger partial charge in [0.1, 0.15) is 5.57 Å². The number of carbonyl (C=O) groups excluding carboxylic acids is 4. The van der Waals surface area contributed by atoms with Crippen LogP contribution in [-0.2, 0) is 14.3 Å². The van der Waals surface area contributed by atoms with Gasteiger partial charge in [-0.3, -0.25) is 14.9 Å². The van der Waals surface area contributed by atoms with Crippen LogP contribution in [0.25, 0.3) is 6.08 Å². The summed E-state index contributed by atoms with van der Waals surface area (Å²) in [7, 11) is 4.23. The van der Waals surface area contributed by atoms with Crippen molar-refractivity contribution in [3.8, 4) is 11.5 Å². The van der Waals surface area contributed by atoms with Crippen molar-refractivity contribution in [1.29, 1.82) is 0 Å². The molecule has 1 aliphatic rings. The number of amides is 4. The van der Waals surface area contributed by atoms with Crippen molar-refractivity contribution in [2.24, 2.45) is 0 Å². The Morgan fingerprint density at radius 2 is 1.71 bits per heavy atom. The topological polar surface area (TPSA) is 111 Å². The molecule has 0 saturated carbocycles. The van der Waals surface area contributed by atoms with Gasteiger partial charge in [-0.2, -0.15) is 0 Å². The Morgan fingerprint density at radius 3 is 2.29 bits per heavy atom. The maximum absolute atomic E-state index is 13.0. The van der Waals surface area contributed by atoms with Crippen LogP contribution in [0.2, 0.25) is 0 Å². The Labute approximate surface area is 191 Å². The third-order valence-corrected chi connectivity index (χ3v) is 5.22. The van der Waals surface area contributed by atoms with E-state index in [-0.39, 0.29) is 16.8 Å². The zero-order valence-corrected chi connectivity index (χ0v) is 18.9. The first-order chi connectivity index (χ1) is 14.8. The van der Waals surface area contributed by atoms with Crippen molar-refractivity contribution in [3.63, 3.8) is 0 Å². The van der Waals surface area contributed by atoms with Gasteiger partial charge in [0.25, 0.3) is 11.8 Å². The van der Waals surface area contributed by atoms with Crippen LogP contribution in [0.5, 0.6) is 11.5 Å². The summed E-state index contributed by atoms with van der Waals surface area (Å²) >= 11 is 2.05. The lowest BCUT2D eigenvalue weighted by Gasteiger charge is -2.26. The summed E-state index contributed by atoms with van der Waals surface area (Å²) in [4.78, 5) is 50.1. The van der Waals surface area contributed by atoms with E-state index in [2.05, 4.69) is 10.1 Å². The van der Waals surface area contributed by atoms with E-state index >= 15 is 0 Å². The van der Waals surface area contributed by atoms with E-state index in [4.69, 9.17) is 9.47 Å². The number of hydrogen-bond donors (Lipinski definition) is 1. The van der Waals surface area contributed by atoms with Gasteiger partial charge in [-0.15, -0.1) is 0 Å². The number of rotatable bonds is 5. The molecule has 1 fully saturated rings. The maximum atomic E-state index is 13.0. The fourth-order valence-corrected chi connectivity index (χ4v) is 3.79. The molecule has 160 valence electrons. The number of ether oxygens (including phenoxy) is 3. The third kappa shape index (κ3) is 4.38. The normalized spacial score (nSPS) is 15.0. The van der Waals surface area contributed by atoms with Crippen molar-refractivity contribution in [2.45, 2.75) is 0 Å². The average Bonchev–Trinajstić information content (AvgIpc) is 2.76. The molecule has 4 amide bonds. The highest BCUT2D eigenvalue weighted by molar-refractivity contribution is 14.1. The fraction of sp³-hybridized carbons (Fsp3) is 0.143. The van der Waals surface area contributed by atoms with Gasteiger partial charge < -0.3 is 14.2 Å². The molecule has 0 spiro atoms. The minimum Gasteiger partial charge on any atom is -0.493 e. The van der Waals surface area contributed by atoms with Crippen LogP contribution < -0.4 is 19.7 Å². The smallest absolute Gasteiger partial charge is 0.337 e. The number of methoxy groups -OCH3 is 3. The predicted octanol–water partition coefficient (Wildman–Crippen LogP) is 2.76. The largest absolute Gasteiger partial charge is 0.493 e. The number of carbonyl (C=O) groups is 4. The van der Waals surface area contributed by atoms with Crippen molar-refractivity contribution >= 4 is 58.2 Å². The SMILES string of the molecule is COC(=O)c1ccc(N2C(=O)NC(=O)/C(=C\c3cc(I)c(OC)c(OC)c3)C2=O)cc1. The van der Waals surface area contributed by atoms with Crippen LogP contribution in [0.1, 0.15) is 15.9 Å². The summed E-state index contributed by atoms with van der Waals surface area (Å²) in [5.41, 5.74) is 0.717. The number of benzene rings is 2. The second-order valence-corrected chi connectivity index (χ2v) is 7.40. The zero-order chi connectivity index (χ0) is 22.7. The number of halogens is 1. The quantitative estimate of drug-likeness (QED) is 0.271. The Kier molecular flexibility index (Phi) is 6.59. The van der Waals surface area contributed by atoms with Gasteiger partial charge in [-0.25, -0.2) is 14.5 Å². The molecule has 31 heavy (non-hydrogen) atoms. The van der Waals surface area contributed by atoms with Crippen LogP contribution in [0, 0.1) is 3.57 Å².